The lowest BCUT2D eigenvalue weighted by Gasteiger charge is -2.48. The van der Waals surface area contributed by atoms with E-state index in [0.29, 0.717) is 18.6 Å². The molecule has 7 nitrogen and oxygen atoms in total. The molecule has 3 atom stereocenters. The molecular weight excluding hydrogens is 446 g/mol. The quantitative estimate of drug-likeness (QED) is 0.313. The second-order valence-electron chi connectivity index (χ2n) is 8.44. The molecule has 1 saturated heterocycles. The molecule has 4 rings (SSSR count). The molecule has 1 aliphatic rings. The van der Waals surface area contributed by atoms with Gasteiger partial charge in [0, 0.05) is 12.8 Å². The molecule has 0 aromatic heterocycles. The smallest absolute Gasteiger partial charge is 0.233 e. The first kappa shape index (κ1) is 24.6. The predicted octanol–water partition coefficient (Wildman–Crippen LogP) is 4.90. The molecule has 35 heavy (non-hydrogen) atoms. The van der Waals surface area contributed by atoms with Crippen LogP contribution in [0.1, 0.15) is 36.1 Å². The average molecular weight is 478 g/mol. The van der Waals surface area contributed by atoms with Gasteiger partial charge in [-0.3, -0.25) is 4.79 Å². The predicted molar refractivity (Wildman–Crippen MR) is 133 cm³/mol. The monoisotopic (exact) mass is 477 g/mol. The van der Waals surface area contributed by atoms with E-state index < -0.39 is 6.10 Å². The summed E-state index contributed by atoms with van der Waals surface area (Å²) in [5.41, 5.74) is 2.63. The van der Waals surface area contributed by atoms with E-state index in [0.717, 1.165) is 28.3 Å². The van der Waals surface area contributed by atoms with Crippen molar-refractivity contribution in [3.05, 3.63) is 83.9 Å². The summed E-state index contributed by atoms with van der Waals surface area (Å²) in [7, 11) is 4.81. The summed E-state index contributed by atoms with van der Waals surface area (Å²) in [4.78, 5) is 15.1. The normalized spacial score (nSPS) is 18.1. The maximum absolute atomic E-state index is 13.3. The number of aliphatic hydroxyl groups excluding tert-OH is 1. The number of β-lactam (4-membered cyclic amide) rings is 1. The molecule has 0 bridgehead atoms. The van der Waals surface area contributed by atoms with Crippen molar-refractivity contribution in [2.45, 2.75) is 25.0 Å². The summed E-state index contributed by atoms with van der Waals surface area (Å²) in [6.07, 6.45) is 0.356. The van der Waals surface area contributed by atoms with Gasteiger partial charge in [0.25, 0.3) is 0 Å². The van der Waals surface area contributed by atoms with Crippen LogP contribution in [0, 0.1) is 5.92 Å². The Morgan fingerprint density at radius 3 is 1.97 bits per heavy atom. The maximum atomic E-state index is 13.3. The Balaban J connectivity index is 1.49. The van der Waals surface area contributed by atoms with Gasteiger partial charge in [0.1, 0.15) is 17.2 Å². The second-order valence-corrected chi connectivity index (χ2v) is 8.44. The number of methoxy groups -OCH3 is 3. The van der Waals surface area contributed by atoms with Crippen LogP contribution in [0.4, 0.5) is 5.69 Å². The van der Waals surface area contributed by atoms with Crippen LogP contribution >= 0.6 is 0 Å². The van der Waals surface area contributed by atoms with Gasteiger partial charge in [0.2, 0.25) is 5.91 Å². The number of carbonyl (C=O) groups excluding carboxylic acids is 1. The highest BCUT2D eigenvalue weighted by atomic mass is 16.7. The second kappa shape index (κ2) is 11.3. The van der Waals surface area contributed by atoms with E-state index in [2.05, 4.69) is 0 Å². The van der Waals surface area contributed by atoms with E-state index >= 15 is 0 Å². The lowest BCUT2D eigenvalue weighted by Crippen LogP contribution is -2.55. The molecule has 0 saturated carbocycles. The van der Waals surface area contributed by atoms with Crippen molar-refractivity contribution < 1.29 is 28.8 Å². The minimum absolute atomic E-state index is 0.0477. The first-order chi connectivity index (χ1) is 17.0. The first-order valence-corrected chi connectivity index (χ1v) is 11.6. The number of rotatable bonds is 11. The zero-order chi connectivity index (χ0) is 24.8. The van der Waals surface area contributed by atoms with Crippen molar-refractivity contribution in [1.29, 1.82) is 0 Å². The van der Waals surface area contributed by atoms with E-state index in [1.54, 1.807) is 33.5 Å². The molecule has 0 radical (unpaired) electrons. The molecule has 1 N–H and O–H groups in total. The number of benzene rings is 3. The van der Waals surface area contributed by atoms with Gasteiger partial charge in [-0.25, -0.2) is 0 Å². The van der Waals surface area contributed by atoms with E-state index in [1.807, 2.05) is 65.6 Å². The highest BCUT2D eigenvalue weighted by molar-refractivity contribution is 6.03. The number of anilines is 1. The van der Waals surface area contributed by atoms with E-state index in [9.17, 15) is 9.90 Å². The van der Waals surface area contributed by atoms with Crippen molar-refractivity contribution >= 4 is 11.6 Å². The van der Waals surface area contributed by atoms with Crippen LogP contribution in [0.15, 0.2) is 72.8 Å². The number of carbonyl (C=O) groups is 1. The molecule has 7 heteroatoms. The summed E-state index contributed by atoms with van der Waals surface area (Å²) in [5, 5.41) is 10.8. The third-order valence-electron chi connectivity index (χ3n) is 6.38. The maximum Gasteiger partial charge on any atom is 0.233 e. The van der Waals surface area contributed by atoms with Crippen molar-refractivity contribution in [2.75, 3.05) is 33.0 Å². The summed E-state index contributed by atoms with van der Waals surface area (Å²) in [5.74, 6) is 1.99. The van der Waals surface area contributed by atoms with Crippen LogP contribution in [0.3, 0.4) is 0 Å². The third-order valence-corrected chi connectivity index (χ3v) is 6.38. The SMILES string of the molecule is COCOc1ccc(C(O)CC[C@H]2C(=O)N(c3ccc(OC)cc3)[C@@H]2c2ccc(OC)cc2)cc1. The Kier molecular flexibility index (Phi) is 7.90. The van der Waals surface area contributed by atoms with Gasteiger partial charge in [-0.15, -0.1) is 0 Å². The molecule has 3 aromatic carbocycles. The highest BCUT2D eigenvalue weighted by Gasteiger charge is 2.48. The minimum Gasteiger partial charge on any atom is -0.497 e. The Morgan fingerprint density at radius 2 is 1.40 bits per heavy atom. The molecule has 1 heterocycles. The topological polar surface area (TPSA) is 77.5 Å². The van der Waals surface area contributed by atoms with Gasteiger partial charge in [0.05, 0.1) is 32.3 Å². The molecule has 0 spiro atoms. The van der Waals surface area contributed by atoms with Crippen LogP contribution in [-0.4, -0.2) is 39.1 Å². The first-order valence-electron chi connectivity index (χ1n) is 11.6. The van der Waals surface area contributed by atoms with Crippen LogP contribution in [0.5, 0.6) is 17.2 Å². The van der Waals surface area contributed by atoms with Gasteiger partial charge in [-0.1, -0.05) is 24.3 Å². The summed E-state index contributed by atoms with van der Waals surface area (Å²) < 4.78 is 20.9. The number of hydrogen-bond donors (Lipinski definition) is 1. The number of ether oxygens (including phenoxy) is 4. The Hall–Kier alpha value is -3.55. The third kappa shape index (κ3) is 5.42. The molecule has 1 aliphatic heterocycles. The summed E-state index contributed by atoms with van der Waals surface area (Å²) >= 11 is 0. The van der Waals surface area contributed by atoms with Crippen LogP contribution < -0.4 is 19.1 Å². The molecule has 0 aliphatic carbocycles. The summed E-state index contributed by atoms with van der Waals surface area (Å²) in [6.45, 7) is 0.170. The summed E-state index contributed by atoms with van der Waals surface area (Å²) in [6, 6.07) is 22.4. The van der Waals surface area contributed by atoms with Gasteiger partial charge < -0.3 is 29.0 Å². The molecular formula is C28H31NO6. The number of amides is 1. The van der Waals surface area contributed by atoms with Crippen molar-refractivity contribution in [3.63, 3.8) is 0 Å². The molecule has 3 aromatic rings. The van der Waals surface area contributed by atoms with E-state index in [-0.39, 0.29) is 24.7 Å². The fraction of sp³-hybridized carbons (Fsp3) is 0.321. The Morgan fingerprint density at radius 1 is 0.829 bits per heavy atom. The number of hydrogen-bond acceptors (Lipinski definition) is 6. The lowest BCUT2D eigenvalue weighted by atomic mass is 9.78. The molecule has 1 fully saturated rings. The standard InChI is InChI=1S/C28H31NO6/c1-32-18-35-24-12-4-19(5-13-24)26(30)17-16-25-27(20-6-10-22(33-2)11-7-20)29(28(25)31)21-8-14-23(34-3)15-9-21/h4-15,25-27,30H,16-18H2,1-3H3/t25-,26?,27-/m1/s1. The average Bonchev–Trinajstić information content (AvgIpc) is 2.91. The van der Waals surface area contributed by atoms with Crippen molar-refractivity contribution in [2.24, 2.45) is 5.92 Å². The number of aliphatic hydroxyl groups is 1. The fourth-order valence-corrected chi connectivity index (χ4v) is 4.46. The van der Waals surface area contributed by atoms with E-state index in [1.165, 1.54) is 0 Å². The Labute approximate surface area is 205 Å². The molecule has 184 valence electrons. The zero-order valence-electron chi connectivity index (χ0n) is 20.2. The minimum atomic E-state index is -0.675. The molecule has 1 amide bonds. The van der Waals surface area contributed by atoms with Crippen molar-refractivity contribution in [1.82, 2.24) is 0 Å². The van der Waals surface area contributed by atoms with E-state index in [4.69, 9.17) is 18.9 Å². The largest absolute Gasteiger partial charge is 0.497 e. The zero-order valence-corrected chi connectivity index (χ0v) is 20.2. The van der Waals surface area contributed by atoms with Gasteiger partial charge in [-0.05, 0) is 72.5 Å². The van der Waals surface area contributed by atoms with Gasteiger partial charge >= 0.3 is 0 Å². The van der Waals surface area contributed by atoms with Gasteiger partial charge in [-0.2, -0.15) is 0 Å². The van der Waals surface area contributed by atoms with Crippen molar-refractivity contribution in [3.8, 4) is 17.2 Å². The highest BCUT2D eigenvalue weighted by Crippen LogP contribution is 2.46. The van der Waals surface area contributed by atoms with Crippen LogP contribution in [0.2, 0.25) is 0 Å². The lowest BCUT2D eigenvalue weighted by molar-refractivity contribution is -0.131. The Bertz CT molecular complexity index is 1100. The fourth-order valence-electron chi connectivity index (χ4n) is 4.46. The number of nitrogens with zero attached hydrogens (tertiary/aromatic N) is 1. The van der Waals surface area contributed by atoms with Crippen LogP contribution in [0.25, 0.3) is 0 Å². The molecule has 1 unspecified atom stereocenters. The van der Waals surface area contributed by atoms with Crippen LogP contribution in [-0.2, 0) is 9.53 Å². The van der Waals surface area contributed by atoms with Gasteiger partial charge in [0.15, 0.2) is 6.79 Å².